The van der Waals surface area contributed by atoms with Gasteiger partial charge in [0.15, 0.2) is 0 Å². The fourth-order valence-corrected chi connectivity index (χ4v) is 4.49. The van der Waals surface area contributed by atoms with Crippen molar-refractivity contribution in [3.05, 3.63) is 29.8 Å². The van der Waals surface area contributed by atoms with Crippen LogP contribution in [0, 0.1) is 17.8 Å². The minimum absolute atomic E-state index is 0.676. The molecule has 0 aromatic heterocycles. The van der Waals surface area contributed by atoms with Crippen LogP contribution in [0.3, 0.4) is 0 Å². The van der Waals surface area contributed by atoms with E-state index in [2.05, 4.69) is 42.8 Å². The van der Waals surface area contributed by atoms with Gasteiger partial charge in [-0.2, -0.15) is 0 Å². The zero-order chi connectivity index (χ0) is 13.2. The lowest BCUT2D eigenvalue weighted by Gasteiger charge is -2.28. The fraction of sp³-hybridized carbons (Fsp3) is 0.647. The van der Waals surface area contributed by atoms with Crippen LogP contribution in [-0.4, -0.2) is 12.3 Å². The summed E-state index contributed by atoms with van der Waals surface area (Å²) in [4.78, 5) is 1.35. The number of rotatable bonds is 5. The first kappa shape index (κ1) is 13.5. The normalized spacial score (nSPS) is 30.7. The molecule has 1 aromatic rings. The lowest BCUT2D eigenvalue weighted by atomic mass is 9.84. The molecule has 2 saturated carbocycles. The quantitative estimate of drug-likeness (QED) is 0.803. The van der Waals surface area contributed by atoms with Crippen LogP contribution < -0.4 is 5.32 Å². The van der Waals surface area contributed by atoms with Crippen molar-refractivity contribution in [2.24, 2.45) is 17.8 Å². The SMILES string of the molecule is CSc1ccc(CN[C@@H](C)[C@@H]2C[C@H]3CC[C@H]2C3)cc1. The van der Waals surface area contributed by atoms with E-state index < -0.39 is 0 Å². The molecule has 104 valence electrons. The standard InChI is InChI=1S/C17H25NS/c1-12(17-10-14-3-6-15(17)9-14)18-11-13-4-7-16(19-2)8-5-13/h4-5,7-8,12,14-15,17-18H,3,6,9-11H2,1-2H3/t12-,14-,15-,17-/m0/s1. The first-order valence-electron chi connectivity index (χ1n) is 7.62. The lowest BCUT2D eigenvalue weighted by molar-refractivity contribution is 0.259. The summed E-state index contributed by atoms with van der Waals surface area (Å²) in [6, 6.07) is 9.64. The van der Waals surface area contributed by atoms with Crippen LogP contribution in [0.5, 0.6) is 0 Å². The molecule has 0 spiro atoms. The first-order valence-corrected chi connectivity index (χ1v) is 8.85. The average Bonchev–Trinajstić information content (AvgIpc) is 3.08. The van der Waals surface area contributed by atoms with Crippen LogP contribution >= 0.6 is 11.8 Å². The predicted molar refractivity (Wildman–Crippen MR) is 83.5 cm³/mol. The molecule has 1 N–H and O–H groups in total. The summed E-state index contributed by atoms with van der Waals surface area (Å²) in [7, 11) is 0. The molecule has 1 aromatic carbocycles. The number of thioether (sulfide) groups is 1. The van der Waals surface area contributed by atoms with Crippen LogP contribution in [0.15, 0.2) is 29.2 Å². The van der Waals surface area contributed by atoms with E-state index in [1.807, 2.05) is 11.8 Å². The van der Waals surface area contributed by atoms with Crippen molar-refractivity contribution < 1.29 is 0 Å². The highest BCUT2D eigenvalue weighted by Crippen LogP contribution is 2.49. The van der Waals surface area contributed by atoms with Gasteiger partial charge in [-0.25, -0.2) is 0 Å². The third kappa shape index (κ3) is 3.00. The molecule has 2 aliphatic carbocycles. The Labute approximate surface area is 121 Å². The molecule has 2 heteroatoms. The van der Waals surface area contributed by atoms with Crippen molar-refractivity contribution in [1.29, 1.82) is 0 Å². The molecule has 1 nitrogen and oxygen atoms in total. The van der Waals surface area contributed by atoms with Gasteiger partial charge < -0.3 is 5.32 Å². The van der Waals surface area contributed by atoms with E-state index in [-0.39, 0.29) is 0 Å². The molecule has 4 atom stereocenters. The number of nitrogens with one attached hydrogen (secondary N) is 1. The number of hydrogen-bond acceptors (Lipinski definition) is 2. The molecule has 0 saturated heterocycles. The molecular formula is C17H25NS. The van der Waals surface area contributed by atoms with E-state index in [1.54, 1.807) is 0 Å². The topological polar surface area (TPSA) is 12.0 Å². The molecule has 2 bridgehead atoms. The van der Waals surface area contributed by atoms with Gasteiger partial charge in [0.1, 0.15) is 0 Å². The number of hydrogen-bond donors (Lipinski definition) is 1. The third-order valence-corrected chi connectivity index (χ3v) is 5.97. The first-order chi connectivity index (χ1) is 9.26. The number of benzene rings is 1. The van der Waals surface area contributed by atoms with Gasteiger partial charge in [0.25, 0.3) is 0 Å². The van der Waals surface area contributed by atoms with Gasteiger partial charge in [0.2, 0.25) is 0 Å². The molecule has 0 heterocycles. The highest BCUT2D eigenvalue weighted by atomic mass is 32.2. The van der Waals surface area contributed by atoms with Gasteiger partial charge in [-0.3, -0.25) is 0 Å². The van der Waals surface area contributed by atoms with Crippen molar-refractivity contribution in [3.63, 3.8) is 0 Å². The van der Waals surface area contributed by atoms with Crippen molar-refractivity contribution in [2.45, 2.75) is 50.1 Å². The molecule has 19 heavy (non-hydrogen) atoms. The molecule has 3 rings (SSSR count). The van der Waals surface area contributed by atoms with Crippen LogP contribution in [-0.2, 0) is 6.54 Å². The summed E-state index contributed by atoms with van der Waals surface area (Å²) >= 11 is 1.81. The maximum atomic E-state index is 3.76. The largest absolute Gasteiger partial charge is 0.310 e. The Balaban J connectivity index is 1.51. The van der Waals surface area contributed by atoms with Crippen LogP contribution in [0.1, 0.15) is 38.2 Å². The van der Waals surface area contributed by atoms with Crippen LogP contribution in [0.25, 0.3) is 0 Å². The zero-order valence-corrected chi connectivity index (χ0v) is 12.9. The molecule has 0 aliphatic heterocycles. The minimum atomic E-state index is 0.676. The lowest BCUT2D eigenvalue weighted by Crippen LogP contribution is -2.35. The van der Waals surface area contributed by atoms with Crippen molar-refractivity contribution in [1.82, 2.24) is 5.32 Å². The van der Waals surface area contributed by atoms with Gasteiger partial charge >= 0.3 is 0 Å². The van der Waals surface area contributed by atoms with E-state index >= 15 is 0 Å². The molecule has 0 amide bonds. The summed E-state index contributed by atoms with van der Waals surface area (Å²) in [6.07, 6.45) is 8.11. The highest BCUT2D eigenvalue weighted by molar-refractivity contribution is 7.98. The summed E-state index contributed by atoms with van der Waals surface area (Å²) < 4.78 is 0. The van der Waals surface area contributed by atoms with Crippen molar-refractivity contribution in [2.75, 3.05) is 6.26 Å². The van der Waals surface area contributed by atoms with Crippen LogP contribution in [0.2, 0.25) is 0 Å². The van der Waals surface area contributed by atoms with Gasteiger partial charge in [-0.15, -0.1) is 11.8 Å². The Morgan fingerprint density at radius 2 is 2.00 bits per heavy atom. The molecule has 0 radical (unpaired) electrons. The van der Waals surface area contributed by atoms with Gasteiger partial charge in [0, 0.05) is 17.5 Å². The Kier molecular flexibility index (Phi) is 4.18. The van der Waals surface area contributed by atoms with Gasteiger partial charge in [-0.05, 0) is 67.9 Å². The monoisotopic (exact) mass is 275 g/mol. The second-order valence-electron chi connectivity index (χ2n) is 6.36. The molecule has 2 aliphatic rings. The maximum Gasteiger partial charge on any atom is 0.0208 e. The van der Waals surface area contributed by atoms with Gasteiger partial charge in [-0.1, -0.05) is 18.6 Å². The number of fused-ring (bicyclic) bond motifs is 2. The average molecular weight is 275 g/mol. The van der Waals surface area contributed by atoms with Crippen molar-refractivity contribution >= 4 is 11.8 Å². The second kappa shape index (κ2) is 5.88. The Hall–Kier alpha value is -0.470. The smallest absolute Gasteiger partial charge is 0.0208 e. The Morgan fingerprint density at radius 1 is 1.21 bits per heavy atom. The second-order valence-corrected chi connectivity index (χ2v) is 7.24. The van der Waals surface area contributed by atoms with E-state index in [9.17, 15) is 0 Å². The third-order valence-electron chi connectivity index (χ3n) is 5.22. The fourth-order valence-electron chi connectivity index (χ4n) is 4.08. The molecule has 2 fully saturated rings. The molecular weight excluding hydrogens is 250 g/mol. The summed E-state index contributed by atoms with van der Waals surface area (Å²) in [5.41, 5.74) is 1.41. The van der Waals surface area contributed by atoms with Gasteiger partial charge in [0.05, 0.1) is 0 Å². The van der Waals surface area contributed by atoms with Crippen LogP contribution in [0.4, 0.5) is 0 Å². The summed E-state index contributed by atoms with van der Waals surface area (Å²) in [6.45, 7) is 3.41. The highest BCUT2D eigenvalue weighted by Gasteiger charge is 2.41. The predicted octanol–water partition coefficient (Wildman–Crippen LogP) is 4.32. The van der Waals surface area contributed by atoms with E-state index in [0.29, 0.717) is 6.04 Å². The van der Waals surface area contributed by atoms with E-state index in [1.165, 1.54) is 36.1 Å². The van der Waals surface area contributed by atoms with Crippen molar-refractivity contribution in [3.8, 4) is 0 Å². The Bertz CT molecular complexity index is 414. The summed E-state index contributed by atoms with van der Waals surface area (Å²) in [5, 5.41) is 3.76. The zero-order valence-electron chi connectivity index (χ0n) is 12.1. The Morgan fingerprint density at radius 3 is 2.58 bits per heavy atom. The minimum Gasteiger partial charge on any atom is -0.310 e. The van der Waals surface area contributed by atoms with E-state index in [0.717, 1.165) is 24.3 Å². The van der Waals surface area contributed by atoms with E-state index in [4.69, 9.17) is 0 Å². The molecule has 0 unspecified atom stereocenters. The maximum absolute atomic E-state index is 3.76. The summed E-state index contributed by atoms with van der Waals surface area (Å²) in [5.74, 6) is 3.01.